The zero-order valence-electron chi connectivity index (χ0n) is 11.4. The number of aryl methyl sites for hydroxylation is 1. The fraction of sp³-hybridized carbons (Fsp3) is 0.467. The Kier molecular flexibility index (Phi) is 4.74. The van der Waals surface area contributed by atoms with Gasteiger partial charge in [0.05, 0.1) is 0 Å². The number of nitrogen functional groups attached to an aromatic ring is 1. The highest BCUT2D eigenvalue weighted by Gasteiger charge is 2.26. The molecule has 20 heavy (non-hydrogen) atoms. The minimum absolute atomic E-state index is 0.0292. The zero-order chi connectivity index (χ0) is 14.5. The number of fused-ring (bicyclic) bond motifs is 1. The van der Waals surface area contributed by atoms with Crippen LogP contribution in [-0.4, -0.2) is 16.9 Å². The normalized spacial score (nSPS) is 17.6. The monoisotopic (exact) mass is 276 g/mol. The van der Waals surface area contributed by atoms with E-state index in [9.17, 15) is 9.59 Å². The van der Waals surface area contributed by atoms with E-state index >= 15 is 0 Å². The van der Waals surface area contributed by atoms with Crippen molar-refractivity contribution in [2.45, 2.75) is 38.5 Å². The molecular weight excluding hydrogens is 256 g/mol. The van der Waals surface area contributed by atoms with Crippen LogP contribution in [0.4, 0.5) is 5.69 Å². The Bertz CT molecular complexity index is 514. The lowest BCUT2D eigenvalue weighted by Crippen LogP contribution is -2.23. The second-order valence-electron chi connectivity index (χ2n) is 5.30. The highest BCUT2D eigenvalue weighted by molar-refractivity contribution is 6.00. The molecule has 0 bridgehead atoms. The van der Waals surface area contributed by atoms with Crippen LogP contribution in [0.2, 0.25) is 0 Å². The van der Waals surface area contributed by atoms with E-state index < -0.39 is 0 Å². The van der Waals surface area contributed by atoms with Gasteiger partial charge in [0, 0.05) is 23.6 Å². The SMILES string of the molecule is Nc1ccc2c(c1)C(=O)C(CCCCC(=O)NO)CC2. The summed E-state index contributed by atoms with van der Waals surface area (Å²) in [5.74, 6) is -0.176. The fourth-order valence-corrected chi connectivity index (χ4v) is 2.73. The summed E-state index contributed by atoms with van der Waals surface area (Å²) in [7, 11) is 0. The molecule has 1 aliphatic carbocycles. The third kappa shape index (κ3) is 3.36. The van der Waals surface area contributed by atoms with Crippen LogP contribution < -0.4 is 11.2 Å². The average molecular weight is 276 g/mol. The van der Waals surface area contributed by atoms with E-state index in [0.29, 0.717) is 18.5 Å². The van der Waals surface area contributed by atoms with E-state index in [1.165, 1.54) is 0 Å². The van der Waals surface area contributed by atoms with Crippen LogP contribution in [0.1, 0.15) is 48.0 Å². The lowest BCUT2D eigenvalue weighted by Gasteiger charge is -2.23. The number of ketones is 1. The molecule has 1 atom stereocenters. The van der Waals surface area contributed by atoms with Gasteiger partial charge in [-0.3, -0.25) is 14.8 Å². The van der Waals surface area contributed by atoms with Gasteiger partial charge in [0.25, 0.3) is 0 Å². The van der Waals surface area contributed by atoms with Crippen molar-refractivity contribution < 1.29 is 14.8 Å². The van der Waals surface area contributed by atoms with Crippen LogP contribution in [0.25, 0.3) is 0 Å². The van der Waals surface area contributed by atoms with Crippen LogP contribution >= 0.6 is 0 Å². The summed E-state index contributed by atoms with van der Waals surface area (Å²) in [6, 6.07) is 5.54. The molecule has 5 heteroatoms. The van der Waals surface area contributed by atoms with E-state index in [-0.39, 0.29) is 17.6 Å². The molecule has 0 saturated carbocycles. The zero-order valence-corrected chi connectivity index (χ0v) is 11.4. The third-order valence-corrected chi connectivity index (χ3v) is 3.86. The molecule has 0 heterocycles. The molecule has 0 saturated heterocycles. The Labute approximate surface area is 118 Å². The molecule has 1 aromatic rings. The number of benzene rings is 1. The summed E-state index contributed by atoms with van der Waals surface area (Å²) < 4.78 is 0. The first-order valence-electron chi connectivity index (χ1n) is 6.97. The van der Waals surface area contributed by atoms with Crippen molar-refractivity contribution in [3.05, 3.63) is 29.3 Å². The number of rotatable bonds is 5. The maximum Gasteiger partial charge on any atom is 0.243 e. The molecule has 1 amide bonds. The number of hydrogen-bond acceptors (Lipinski definition) is 4. The number of carbonyl (C=O) groups excluding carboxylic acids is 2. The Morgan fingerprint density at radius 2 is 2.20 bits per heavy atom. The molecule has 0 aromatic heterocycles. The van der Waals surface area contributed by atoms with Crippen molar-refractivity contribution in [2.75, 3.05) is 5.73 Å². The number of nitrogens with two attached hydrogens (primary N) is 1. The molecule has 0 fully saturated rings. The van der Waals surface area contributed by atoms with E-state index in [0.717, 1.165) is 36.8 Å². The molecular formula is C15H20N2O3. The van der Waals surface area contributed by atoms with Crippen molar-refractivity contribution in [2.24, 2.45) is 5.92 Å². The molecule has 1 unspecified atom stereocenters. The van der Waals surface area contributed by atoms with Crippen molar-refractivity contribution in [1.82, 2.24) is 5.48 Å². The van der Waals surface area contributed by atoms with Crippen LogP contribution in [-0.2, 0) is 11.2 Å². The smallest absolute Gasteiger partial charge is 0.243 e. The Morgan fingerprint density at radius 1 is 1.40 bits per heavy atom. The van der Waals surface area contributed by atoms with Gasteiger partial charge in [0.2, 0.25) is 5.91 Å². The first kappa shape index (κ1) is 14.5. The van der Waals surface area contributed by atoms with Gasteiger partial charge in [-0.15, -0.1) is 0 Å². The van der Waals surface area contributed by atoms with Crippen LogP contribution in [0.3, 0.4) is 0 Å². The summed E-state index contributed by atoms with van der Waals surface area (Å²) in [6.07, 6.45) is 4.33. The summed E-state index contributed by atoms with van der Waals surface area (Å²) in [5.41, 5.74) is 9.82. The third-order valence-electron chi connectivity index (χ3n) is 3.86. The number of carbonyl (C=O) groups is 2. The van der Waals surface area contributed by atoms with Gasteiger partial charge in [-0.2, -0.15) is 0 Å². The Morgan fingerprint density at radius 3 is 2.95 bits per heavy atom. The van der Waals surface area contributed by atoms with E-state index in [4.69, 9.17) is 10.9 Å². The predicted molar refractivity (Wildman–Crippen MR) is 75.4 cm³/mol. The molecule has 1 aliphatic rings. The van der Waals surface area contributed by atoms with Gasteiger partial charge in [-0.05, 0) is 43.4 Å². The number of nitrogens with one attached hydrogen (secondary N) is 1. The molecule has 0 spiro atoms. The number of Topliss-reactive ketones (excluding diaryl/α,β-unsaturated/α-hetero) is 1. The summed E-state index contributed by atoms with van der Waals surface area (Å²) >= 11 is 0. The summed E-state index contributed by atoms with van der Waals surface area (Å²) in [6.45, 7) is 0. The van der Waals surface area contributed by atoms with E-state index in [2.05, 4.69) is 0 Å². The molecule has 108 valence electrons. The largest absolute Gasteiger partial charge is 0.399 e. The lowest BCUT2D eigenvalue weighted by molar-refractivity contribution is -0.129. The van der Waals surface area contributed by atoms with Gasteiger partial charge < -0.3 is 5.73 Å². The van der Waals surface area contributed by atoms with Gasteiger partial charge in [-0.25, -0.2) is 5.48 Å². The minimum atomic E-state index is -0.377. The number of unbranched alkanes of at least 4 members (excludes halogenated alkanes) is 1. The minimum Gasteiger partial charge on any atom is -0.399 e. The number of anilines is 1. The highest BCUT2D eigenvalue weighted by Crippen LogP contribution is 2.30. The summed E-state index contributed by atoms with van der Waals surface area (Å²) in [4.78, 5) is 23.3. The van der Waals surface area contributed by atoms with Gasteiger partial charge in [0.15, 0.2) is 5.78 Å². The average Bonchev–Trinajstić information content (AvgIpc) is 2.46. The molecule has 4 N–H and O–H groups in total. The van der Waals surface area contributed by atoms with Crippen LogP contribution in [0.5, 0.6) is 0 Å². The van der Waals surface area contributed by atoms with Crippen molar-refractivity contribution >= 4 is 17.4 Å². The van der Waals surface area contributed by atoms with E-state index in [1.54, 1.807) is 11.5 Å². The fourth-order valence-electron chi connectivity index (χ4n) is 2.73. The molecule has 0 radical (unpaired) electrons. The Hall–Kier alpha value is -1.88. The maximum atomic E-state index is 12.4. The topological polar surface area (TPSA) is 92.4 Å². The molecule has 2 rings (SSSR count). The van der Waals surface area contributed by atoms with Crippen molar-refractivity contribution in [1.29, 1.82) is 0 Å². The predicted octanol–water partition coefficient (Wildman–Crippen LogP) is 2.08. The maximum absolute atomic E-state index is 12.4. The molecule has 0 aliphatic heterocycles. The lowest BCUT2D eigenvalue weighted by atomic mass is 9.80. The summed E-state index contributed by atoms with van der Waals surface area (Å²) in [5, 5.41) is 8.39. The second kappa shape index (κ2) is 6.52. The first-order valence-corrected chi connectivity index (χ1v) is 6.97. The van der Waals surface area contributed by atoms with Crippen molar-refractivity contribution in [3.63, 3.8) is 0 Å². The van der Waals surface area contributed by atoms with Gasteiger partial charge >= 0.3 is 0 Å². The van der Waals surface area contributed by atoms with Crippen molar-refractivity contribution in [3.8, 4) is 0 Å². The molecule has 1 aromatic carbocycles. The first-order chi connectivity index (χ1) is 9.61. The van der Waals surface area contributed by atoms with Crippen LogP contribution in [0, 0.1) is 5.92 Å². The van der Waals surface area contributed by atoms with E-state index in [1.807, 2.05) is 12.1 Å². The number of hydroxylamine groups is 1. The number of amides is 1. The number of hydrogen-bond donors (Lipinski definition) is 3. The Balaban J connectivity index is 1.89. The van der Waals surface area contributed by atoms with Crippen LogP contribution in [0.15, 0.2) is 18.2 Å². The standard InChI is InChI=1S/C15H20N2O3/c16-12-8-7-10-5-6-11(15(19)13(10)9-12)3-1-2-4-14(18)17-20/h7-9,11,20H,1-6,16H2,(H,17,18). The highest BCUT2D eigenvalue weighted by atomic mass is 16.5. The van der Waals surface area contributed by atoms with Gasteiger partial charge in [0.1, 0.15) is 0 Å². The second-order valence-corrected chi connectivity index (χ2v) is 5.30. The molecule has 5 nitrogen and oxygen atoms in total. The van der Waals surface area contributed by atoms with Gasteiger partial charge in [-0.1, -0.05) is 12.5 Å². The quantitative estimate of drug-likeness (QED) is 0.332.